The second-order valence-corrected chi connectivity index (χ2v) is 9.82. The van der Waals surface area contributed by atoms with E-state index in [0.29, 0.717) is 10.6 Å². The van der Waals surface area contributed by atoms with E-state index in [0.717, 1.165) is 28.0 Å². The topological polar surface area (TPSA) is 101 Å². The van der Waals surface area contributed by atoms with E-state index in [9.17, 15) is 13.2 Å². The maximum absolute atomic E-state index is 12.6. The van der Waals surface area contributed by atoms with Crippen molar-refractivity contribution >= 4 is 44.0 Å². The van der Waals surface area contributed by atoms with E-state index in [2.05, 4.69) is 20.2 Å². The molecule has 1 amide bonds. The van der Waals surface area contributed by atoms with Gasteiger partial charge in [-0.3, -0.25) is 10.1 Å². The molecule has 1 heterocycles. The van der Waals surface area contributed by atoms with Crippen LogP contribution in [0, 0.1) is 13.8 Å². The number of rotatable bonds is 6. The molecule has 10 heteroatoms. The highest BCUT2D eigenvalue weighted by molar-refractivity contribution is 7.91. The molecule has 3 aromatic rings. The lowest BCUT2D eigenvalue weighted by Crippen LogP contribution is -2.26. The maximum Gasteiger partial charge on any atom is 0.270 e. The number of carbonyl (C=O) groups excluding carboxylic acids is 1. The van der Waals surface area contributed by atoms with Crippen molar-refractivity contribution in [2.75, 3.05) is 5.32 Å². The Kier molecular flexibility index (Phi) is 6.33. The lowest BCUT2D eigenvalue weighted by Gasteiger charge is -2.14. The molecule has 3 rings (SSSR count). The minimum Gasteiger partial charge on any atom is -0.296 e. The molecule has 0 fully saturated rings. The van der Waals surface area contributed by atoms with Crippen molar-refractivity contribution in [3.8, 4) is 0 Å². The number of carbonyl (C=O) groups is 1. The van der Waals surface area contributed by atoms with Gasteiger partial charge in [-0.25, -0.2) is 13.1 Å². The molecule has 0 aliphatic rings. The number of hydrogen-bond donors (Lipinski definition) is 2. The molecule has 0 saturated carbocycles. The van der Waals surface area contributed by atoms with E-state index in [1.54, 1.807) is 31.2 Å². The number of aryl methyl sites for hydroxylation is 2. The van der Waals surface area contributed by atoms with Gasteiger partial charge in [-0.2, -0.15) is 0 Å². The second-order valence-electron chi connectivity index (χ2n) is 6.52. The molecule has 2 aromatic carbocycles. The van der Waals surface area contributed by atoms with E-state index in [1.165, 1.54) is 0 Å². The number of anilines is 1. The van der Waals surface area contributed by atoms with Crippen molar-refractivity contribution in [1.82, 2.24) is 14.9 Å². The van der Waals surface area contributed by atoms with Crippen LogP contribution in [0.4, 0.5) is 5.13 Å². The summed E-state index contributed by atoms with van der Waals surface area (Å²) < 4.78 is 27.7. The summed E-state index contributed by atoms with van der Waals surface area (Å²) in [7, 11) is -3.89. The fraction of sp³-hybridized carbons (Fsp3) is 0.211. The SMILES string of the molecule is Cc1ccc([C@@H](C)NS(=O)(=O)c2nnc(NC(=O)c3ccc(Cl)cc3)s2)cc1C. The van der Waals surface area contributed by atoms with Crippen molar-refractivity contribution in [3.63, 3.8) is 0 Å². The molecule has 0 spiro atoms. The summed E-state index contributed by atoms with van der Waals surface area (Å²) in [5.74, 6) is -0.432. The number of sulfonamides is 1. The van der Waals surface area contributed by atoms with Crippen molar-refractivity contribution in [2.45, 2.75) is 31.2 Å². The Morgan fingerprint density at radius 3 is 2.41 bits per heavy atom. The molecule has 0 aliphatic carbocycles. The van der Waals surface area contributed by atoms with E-state index in [1.807, 2.05) is 32.0 Å². The highest BCUT2D eigenvalue weighted by atomic mass is 35.5. The van der Waals surface area contributed by atoms with Crippen molar-refractivity contribution in [1.29, 1.82) is 0 Å². The predicted molar refractivity (Wildman–Crippen MR) is 114 cm³/mol. The maximum atomic E-state index is 12.6. The lowest BCUT2D eigenvalue weighted by atomic mass is 10.0. The molecule has 29 heavy (non-hydrogen) atoms. The van der Waals surface area contributed by atoms with Gasteiger partial charge in [0.15, 0.2) is 0 Å². The van der Waals surface area contributed by atoms with Gasteiger partial charge in [0, 0.05) is 16.6 Å². The smallest absolute Gasteiger partial charge is 0.270 e. The number of hydrogen-bond acceptors (Lipinski definition) is 6. The first-order valence-corrected chi connectivity index (χ1v) is 11.3. The first-order chi connectivity index (χ1) is 13.7. The second kappa shape index (κ2) is 8.58. The number of nitrogens with one attached hydrogen (secondary N) is 2. The molecule has 1 atom stereocenters. The molecule has 7 nitrogen and oxygen atoms in total. The normalized spacial score (nSPS) is 12.6. The van der Waals surface area contributed by atoms with Crippen LogP contribution in [-0.2, 0) is 10.0 Å². The van der Waals surface area contributed by atoms with Gasteiger partial charge in [0.1, 0.15) is 0 Å². The van der Waals surface area contributed by atoms with Crippen molar-refractivity contribution < 1.29 is 13.2 Å². The van der Waals surface area contributed by atoms with Gasteiger partial charge in [0.2, 0.25) is 9.47 Å². The number of halogens is 1. The Hall–Kier alpha value is -2.33. The molecule has 1 aromatic heterocycles. The molecular formula is C19H19ClN4O3S2. The van der Waals surface area contributed by atoms with E-state index in [-0.39, 0.29) is 9.47 Å². The first kappa shape index (κ1) is 21.4. The molecule has 152 valence electrons. The van der Waals surface area contributed by atoms with E-state index < -0.39 is 22.0 Å². The summed E-state index contributed by atoms with van der Waals surface area (Å²) in [5, 5.41) is 10.6. The van der Waals surface area contributed by atoms with Crippen LogP contribution in [0.3, 0.4) is 0 Å². The van der Waals surface area contributed by atoms with Crippen molar-refractivity contribution in [3.05, 3.63) is 69.7 Å². The number of nitrogens with zero attached hydrogens (tertiary/aromatic N) is 2. The summed E-state index contributed by atoms with van der Waals surface area (Å²) in [6, 6.07) is 11.6. The molecular weight excluding hydrogens is 432 g/mol. The molecule has 2 N–H and O–H groups in total. The van der Waals surface area contributed by atoms with Gasteiger partial charge in [-0.15, -0.1) is 10.2 Å². The highest BCUT2D eigenvalue weighted by Gasteiger charge is 2.24. The third-order valence-electron chi connectivity index (χ3n) is 4.33. The fourth-order valence-electron chi connectivity index (χ4n) is 2.52. The van der Waals surface area contributed by atoms with Crippen LogP contribution in [-0.4, -0.2) is 24.5 Å². The summed E-state index contributed by atoms with van der Waals surface area (Å²) in [6.07, 6.45) is 0. The average Bonchev–Trinajstić information content (AvgIpc) is 3.13. The van der Waals surface area contributed by atoms with Gasteiger partial charge in [0.25, 0.3) is 15.9 Å². The van der Waals surface area contributed by atoms with Gasteiger partial charge >= 0.3 is 0 Å². The summed E-state index contributed by atoms with van der Waals surface area (Å²) in [6.45, 7) is 5.72. The molecule has 0 unspecified atom stereocenters. The molecule has 0 aliphatic heterocycles. The van der Waals surface area contributed by atoms with Gasteiger partial charge in [-0.05, 0) is 61.7 Å². The van der Waals surface area contributed by atoms with E-state index >= 15 is 0 Å². The third-order valence-corrected chi connectivity index (χ3v) is 7.32. The summed E-state index contributed by atoms with van der Waals surface area (Å²) >= 11 is 6.58. The number of amides is 1. The quantitative estimate of drug-likeness (QED) is 0.550. The van der Waals surface area contributed by atoms with Crippen LogP contribution in [0.15, 0.2) is 46.8 Å². The van der Waals surface area contributed by atoms with E-state index in [4.69, 9.17) is 11.6 Å². The standard InChI is InChI=1S/C19H19ClN4O3S2/c1-11-4-5-15(10-12(11)2)13(3)24-29(26,27)19-23-22-18(28-19)21-17(25)14-6-8-16(20)9-7-14/h4-10,13,24H,1-3H3,(H,21,22,25)/t13-/m1/s1. The average molecular weight is 451 g/mol. The van der Waals surface area contributed by atoms with Crippen LogP contribution in [0.25, 0.3) is 0 Å². The number of benzene rings is 2. The Morgan fingerprint density at radius 1 is 1.07 bits per heavy atom. The highest BCUT2D eigenvalue weighted by Crippen LogP contribution is 2.24. The Bertz CT molecular complexity index is 1140. The summed E-state index contributed by atoms with van der Waals surface area (Å²) in [5.41, 5.74) is 3.43. The van der Waals surface area contributed by atoms with Crippen LogP contribution in [0.2, 0.25) is 5.02 Å². The minimum absolute atomic E-state index is 0.0872. The van der Waals surface area contributed by atoms with Gasteiger partial charge in [-0.1, -0.05) is 41.1 Å². The Morgan fingerprint density at radius 2 is 1.76 bits per heavy atom. The van der Waals surface area contributed by atoms with Crippen molar-refractivity contribution in [2.24, 2.45) is 0 Å². The Balaban J connectivity index is 1.71. The first-order valence-electron chi connectivity index (χ1n) is 8.65. The van der Waals surface area contributed by atoms with Crippen LogP contribution >= 0.6 is 22.9 Å². The minimum atomic E-state index is -3.89. The van der Waals surface area contributed by atoms with Crippen LogP contribution in [0.1, 0.15) is 40.0 Å². The predicted octanol–water partition coefficient (Wildman–Crippen LogP) is 4.10. The molecule has 0 bridgehead atoms. The number of aromatic nitrogens is 2. The zero-order chi connectivity index (χ0) is 21.2. The largest absolute Gasteiger partial charge is 0.296 e. The monoisotopic (exact) mass is 450 g/mol. The lowest BCUT2D eigenvalue weighted by molar-refractivity contribution is 0.102. The fourth-order valence-corrected chi connectivity index (χ4v) is 4.79. The summed E-state index contributed by atoms with van der Waals surface area (Å²) in [4.78, 5) is 12.2. The third kappa shape index (κ3) is 5.18. The van der Waals surface area contributed by atoms with Gasteiger partial charge in [0.05, 0.1) is 0 Å². The van der Waals surface area contributed by atoms with Crippen LogP contribution < -0.4 is 10.0 Å². The zero-order valence-corrected chi connectivity index (χ0v) is 18.3. The zero-order valence-electron chi connectivity index (χ0n) is 15.9. The molecule has 0 radical (unpaired) electrons. The Labute approximate surface area is 178 Å². The van der Waals surface area contributed by atoms with Crippen LogP contribution in [0.5, 0.6) is 0 Å². The molecule has 0 saturated heterocycles. The van der Waals surface area contributed by atoms with Gasteiger partial charge < -0.3 is 0 Å².